The van der Waals surface area contributed by atoms with E-state index in [9.17, 15) is 4.79 Å². The lowest BCUT2D eigenvalue weighted by Crippen LogP contribution is -2.25. The van der Waals surface area contributed by atoms with Gasteiger partial charge in [-0.1, -0.05) is 0 Å². The van der Waals surface area contributed by atoms with Crippen LogP contribution in [0.1, 0.15) is 17.3 Å². The second-order valence-corrected chi connectivity index (χ2v) is 5.34. The predicted molar refractivity (Wildman–Crippen MR) is 69.6 cm³/mol. The Hall–Kier alpha value is -1.24. The molecule has 0 fully saturated rings. The molecule has 0 aliphatic heterocycles. The summed E-state index contributed by atoms with van der Waals surface area (Å²) >= 11 is 3.10. The van der Waals surface area contributed by atoms with Gasteiger partial charge in [-0.3, -0.25) is 4.79 Å². The summed E-state index contributed by atoms with van der Waals surface area (Å²) in [6, 6.07) is 1.30. The first kappa shape index (κ1) is 12.2. The third-order valence-corrected chi connectivity index (χ3v) is 4.44. The fourth-order valence-electron chi connectivity index (χ4n) is 1.51. The van der Waals surface area contributed by atoms with Gasteiger partial charge in [-0.15, -0.1) is 22.7 Å². The maximum absolute atomic E-state index is 11.0. The molecule has 2 N–H and O–H groups in total. The van der Waals surface area contributed by atoms with Gasteiger partial charge >= 0.3 is 5.97 Å². The van der Waals surface area contributed by atoms with Crippen molar-refractivity contribution < 1.29 is 9.90 Å². The largest absolute Gasteiger partial charge is 0.480 e. The Bertz CT molecular complexity index is 533. The van der Waals surface area contributed by atoms with E-state index in [1.807, 2.05) is 18.4 Å². The quantitative estimate of drug-likeness (QED) is 0.894. The molecule has 2 aromatic rings. The summed E-state index contributed by atoms with van der Waals surface area (Å²) in [5, 5.41) is 16.5. The molecule has 0 bridgehead atoms. The van der Waals surface area contributed by atoms with Crippen LogP contribution < -0.4 is 5.32 Å². The molecule has 0 amide bonds. The van der Waals surface area contributed by atoms with E-state index in [1.165, 1.54) is 16.9 Å². The van der Waals surface area contributed by atoms with Crippen molar-refractivity contribution in [3.63, 3.8) is 0 Å². The fraction of sp³-hybridized carbons (Fsp3) is 0.273. The molecule has 0 aliphatic rings. The predicted octanol–water partition coefficient (Wildman–Crippen LogP) is 2.53. The summed E-state index contributed by atoms with van der Waals surface area (Å²) in [6.07, 6.45) is 0. The minimum atomic E-state index is -0.910. The molecule has 0 saturated heterocycles. The number of aryl methyl sites for hydroxylation is 1. The number of thiazole rings is 1. The van der Waals surface area contributed by atoms with Crippen LogP contribution in [0.2, 0.25) is 0 Å². The number of rotatable bonds is 4. The Balaban J connectivity index is 2.33. The fourth-order valence-corrected chi connectivity index (χ4v) is 3.46. The number of hydrogen-bond acceptors (Lipinski definition) is 5. The average Bonchev–Trinajstić information content (AvgIpc) is 2.87. The third-order valence-electron chi connectivity index (χ3n) is 2.41. The van der Waals surface area contributed by atoms with Crippen LogP contribution in [0.3, 0.4) is 0 Å². The smallest absolute Gasteiger partial charge is 0.327 e. The summed E-state index contributed by atoms with van der Waals surface area (Å²) in [4.78, 5) is 16.5. The summed E-state index contributed by atoms with van der Waals surface area (Å²) in [7, 11) is 1.62. The molecule has 0 spiro atoms. The second kappa shape index (κ2) is 4.95. The Morgan fingerprint density at radius 3 is 2.82 bits per heavy atom. The van der Waals surface area contributed by atoms with Crippen LogP contribution in [-0.2, 0) is 4.79 Å². The molecule has 6 heteroatoms. The van der Waals surface area contributed by atoms with Crippen LogP contribution in [0, 0.1) is 6.92 Å². The summed E-state index contributed by atoms with van der Waals surface area (Å²) in [5.74, 6) is -0.910. The van der Waals surface area contributed by atoms with Crippen molar-refractivity contribution >= 4 is 28.6 Å². The molecule has 1 unspecified atom stereocenters. The van der Waals surface area contributed by atoms with Crippen molar-refractivity contribution in [2.24, 2.45) is 0 Å². The number of carboxylic acid groups (broad SMARTS) is 1. The maximum atomic E-state index is 11.0. The number of likely N-dealkylation sites (N-methyl/N-ethyl adjacent to an activating group) is 1. The van der Waals surface area contributed by atoms with E-state index in [0.717, 1.165) is 9.88 Å². The van der Waals surface area contributed by atoms with E-state index in [1.54, 1.807) is 23.8 Å². The van der Waals surface area contributed by atoms with E-state index in [4.69, 9.17) is 5.11 Å². The first-order valence-electron chi connectivity index (χ1n) is 5.03. The number of nitrogens with zero attached hydrogens (tertiary/aromatic N) is 1. The highest BCUT2D eigenvalue weighted by Gasteiger charge is 2.21. The lowest BCUT2D eigenvalue weighted by molar-refractivity contribution is -0.139. The van der Waals surface area contributed by atoms with Gasteiger partial charge in [-0.25, -0.2) is 4.98 Å². The highest BCUT2D eigenvalue weighted by Crippen LogP contribution is 2.32. The summed E-state index contributed by atoms with van der Waals surface area (Å²) in [6.45, 7) is 2.03. The van der Waals surface area contributed by atoms with Crippen molar-refractivity contribution in [1.29, 1.82) is 0 Å². The van der Waals surface area contributed by atoms with Gasteiger partial charge in [0, 0.05) is 5.38 Å². The number of nitrogens with one attached hydrogen (secondary N) is 1. The maximum Gasteiger partial charge on any atom is 0.327 e. The van der Waals surface area contributed by atoms with Crippen molar-refractivity contribution in [2.45, 2.75) is 13.0 Å². The number of hydrogen-bond donors (Lipinski definition) is 2. The van der Waals surface area contributed by atoms with Gasteiger partial charge in [0.15, 0.2) is 0 Å². The number of aliphatic carboxylic acids is 1. The minimum absolute atomic E-state index is 0.563. The molecule has 4 nitrogen and oxygen atoms in total. The third kappa shape index (κ3) is 2.38. The molecule has 17 heavy (non-hydrogen) atoms. The van der Waals surface area contributed by atoms with Crippen LogP contribution in [0.25, 0.3) is 9.88 Å². The zero-order valence-corrected chi connectivity index (χ0v) is 11.1. The van der Waals surface area contributed by atoms with Gasteiger partial charge in [0.05, 0.1) is 10.6 Å². The summed E-state index contributed by atoms with van der Waals surface area (Å²) < 4.78 is 0. The number of aromatic nitrogens is 1. The minimum Gasteiger partial charge on any atom is -0.480 e. The number of thiophene rings is 1. The van der Waals surface area contributed by atoms with Crippen LogP contribution in [0.5, 0.6) is 0 Å². The van der Waals surface area contributed by atoms with E-state index in [2.05, 4.69) is 10.3 Å². The van der Waals surface area contributed by atoms with Gasteiger partial charge in [0.2, 0.25) is 0 Å². The topological polar surface area (TPSA) is 62.2 Å². The summed E-state index contributed by atoms with van der Waals surface area (Å²) in [5.41, 5.74) is 1.74. The first-order chi connectivity index (χ1) is 8.13. The van der Waals surface area contributed by atoms with Crippen molar-refractivity contribution in [2.75, 3.05) is 7.05 Å². The first-order valence-corrected chi connectivity index (χ1v) is 6.79. The molecule has 2 heterocycles. The SMILES string of the molecule is CNC(C(=O)O)c1csc(-c2sccc2C)n1. The normalized spacial score (nSPS) is 12.6. The van der Waals surface area contributed by atoms with Crippen LogP contribution in [0.4, 0.5) is 0 Å². The Kier molecular flexibility index (Phi) is 3.56. The highest BCUT2D eigenvalue weighted by atomic mass is 32.1. The van der Waals surface area contributed by atoms with E-state index in [0.29, 0.717) is 5.69 Å². The van der Waals surface area contributed by atoms with Crippen LogP contribution in [0.15, 0.2) is 16.8 Å². The Morgan fingerprint density at radius 2 is 2.29 bits per heavy atom. The van der Waals surface area contributed by atoms with Gasteiger partial charge in [-0.2, -0.15) is 0 Å². The van der Waals surface area contributed by atoms with E-state index < -0.39 is 12.0 Å². The van der Waals surface area contributed by atoms with Crippen molar-refractivity contribution in [1.82, 2.24) is 10.3 Å². The van der Waals surface area contributed by atoms with Gasteiger partial charge < -0.3 is 10.4 Å². The standard InChI is InChI=1S/C11H12N2O2S2/c1-6-3-4-16-9(6)10-13-7(5-17-10)8(12-2)11(14)15/h3-5,8,12H,1-2H3,(H,14,15). The molecule has 2 aromatic heterocycles. The monoisotopic (exact) mass is 268 g/mol. The zero-order valence-electron chi connectivity index (χ0n) is 9.43. The average molecular weight is 268 g/mol. The molecule has 0 radical (unpaired) electrons. The molecule has 90 valence electrons. The number of carboxylic acids is 1. The van der Waals surface area contributed by atoms with E-state index in [-0.39, 0.29) is 0 Å². The molecule has 1 atom stereocenters. The lowest BCUT2D eigenvalue weighted by Gasteiger charge is -2.06. The molecular formula is C11H12N2O2S2. The van der Waals surface area contributed by atoms with Gasteiger partial charge in [0.1, 0.15) is 11.0 Å². The van der Waals surface area contributed by atoms with Crippen LogP contribution in [-0.4, -0.2) is 23.1 Å². The molecular weight excluding hydrogens is 256 g/mol. The van der Waals surface area contributed by atoms with Gasteiger partial charge in [-0.05, 0) is 31.0 Å². The molecule has 2 rings (SSSR count). The lowest BCUT2D eigenvalue weighted by atomic mass is 10.2. The van der Waals surface area contributed by atoms with E-state index >= 15 is 0 Å². The Morgan fingerprint density at radius 1 is 1.53 bits per heavy atom. The zero-order chi connectivity index (χ0) is 12.4. The van der Waals surface area contributed by atoms with Gasteiger partial charge in [0.25, 0.3) is 0 Å². The van der Waals surface area contributed by atoms with Crippen molar-refractivity contribution in [3.05, 3.63) is 28.1 Å². The highest BCUT2D eigenvalue weighted by molar-refractivity contribution is 7.20. The molecule has 0 aliphatic carbocycles. The molecule has 0 aromatic carbocycles. The number of carbonyl (C=O) groups is 1. The molecule has 0 saturated carbocycles. The van der Waals surface area contributed by atoms with Crippen LogP contribution >= 0.6 is 22.7 Å². The Labute approximate surface area is 107 Å². The second-order valence-electron chi connectivity index (χ2n) is 3.57. The van der Waals surface area contributed by atoms with Crippen molar-refractivity contribution in [3.8, 4) is 9.88 Å².